The van der Waals surface area contributed by atoms with E-state index in [-0.39, 0.29) is 70.2 Å². The Balaban J connectivity index is 2.00. The van der Waals surface area contributed by atoms with E-state index in [1.54, 1.807) is 6.92 Å². The molecule has 7 unspecified atom stereocenters. The van der Waals surface area contributed by atoms with Gasteiger partial charge in [0, 0.05) is 38.0 Å². The molecule has 14 nitrogen and oxygen atoms in total. The molecule has 3 rings (SSSR count). The molecule has 3 aliphatic rings. The predicted molar refractivity (Wildman–Crippen MR) is 139 cm³/mol. The van der Waals surface area contributed by atoms with Gasteiger partial charge in [-0.05, 0) is 31.1 Å². The molecule has 3 aliphatic heterocycles. The van der Waals surface area contributed by atoms with Crippen molar-refractivity contribution in [1.29, 1.82) is 0 Å². The first kappa shape index (κ1) is 33.0. The molecule has 0 aromatic rings. The van der Waals surface area contributed by atoms with Crippen LogP contribution in [0.25, 0.3) is 0 Å². The number of aliphatic hydroxyl groups is 1. The first-order valence-electron chi connectivity index (χ1n) is 13.9. The molecule has 2 saturated heterocycles. The maximum atomic E-state index is 12.3. The summed E-state index contributed by atoms with van der Waals surface area (Å²) in [7, 11) is 0. The molecule has 42 heavy (non-hydrogen) atoms. The van der Waals surface area contributed by atoms with E-state index in [9.17, 15) is 44.4 Å². The van der Waals surface area contributed by atoms with Gasteiger partial charge in [0.1, 0.15) is 17.8 Å². The largest absolute Gasteiger partial charge is 0.481 e. The Morgan fingerprint density at radius 2 is 1.60 bits per heavy atom. The number of ether oxygens (including phenoxy) is 5. The maximum Gasteiger partial charge on any atom is 0.340 e. The number of carbonyl (C=O) groups is 5. The van der Waals surface area contributed by atoms with Gasteiger partial charge in [-0.15, -0.1) is 6.58 Å². The Morgan fingerprint density at radius 3 is 2.17 bits per heavy atom. The third-order valence-electron chi connectivity index (χ3n) is 8.10. The third-order valence-corrected chi connectivity index (χ3v) is 8.10. The zero-order valence-corrected chi connectivity index (χ0v) is 23.3. The van der Waals surface area contributed by atoms with Crippen molar-refractivity contribution >= 4 is 29.8 Å². The monoisotopic (exact) mass is 598 g/mol. The summed E-state index contributed by atoms with van der Waals surface area (Å²) in [4.78, 5) is 58.9. The lowest BCUT2D eigenvalue weighted by atomic mass is 9.70. The van der Waals surface area contributed by atoms with Crippen molar-refractivity contribution in [2.45, 2.75) is 82.6 Å². The second-order valence-electron chi connectivity index (χ2n) is 10.6. The third kappa shape index (κ3) is 7.86. The molecule has 0 aromatic carbocycles. The SMILES string of the molecule is C=CC1C(OC2OC(COC(=O)CC)C(CCC(=O)O)C(CCC(=O)O)C2CCC(=O)O)OC=C2C(=O)OCC[C@]21O. The Kier molecular flexibility index (Phi) is 11.5. The Labute approximate surface area is 242 Å². The van der Waals surface area contributed by atoms with E-state index in [0.717, 1.165) is 6.26 Å². The molecule has 8 atom stereocenters. The molecular formula is C28H38O14. The Hall–Kier alpha value is -3.49. The summed E-state index contributed by atoms with van der Waals surface area (Å²) < 4.78 is 28.5. The zero-order chi connectivity index (χ0) is 31.0. The van der Waals surface area contributed by atoms with E-state index in [0.29, 0.717) is 0 Å². The molecule has 0 spiro atoms. The van der Waals surface area contributed by atoms with E-state index in [1.807, 2.05) is 0 Å². The van der Waals surface area contributed by atoms with Crippen LogP contribution in [-0.4, -0.2) is 87.8 Å². The van der Waals surface area contributed by atoms with Crippen molar-refractivity contribution in [3.8, 4) is 0 Å². The number of esters is 2. The first-order valence-corrected chi connectivity index (χ1v) is 13.9. The highest BCUT2D eigenvalue weighted by atomic mass is 16.8. The van der Waals surface area contributed by atoms with Crippen LogP contribution in [0.4, 0.5) is 0 Å². The summed E-state index contributed by atoms with van der Waals surface area (Å²) in [5.41, 5.74) is -1.84. The summed E-state index contributed by atoms with van der Waals surface area (Å²) in [5, 5.41) is 39.8. The number of rotatable bonds is 15. The summed E-state index contributed by atoms with van der Waals surface area (Å²) in [6, 6.07) is 0. The topological polar surface area (TPSA) is 212 Å². The van der Waals surface area contributed by atoms with Crippen molar-refractivity contribution in [2.24, 2.45) is 23.7 Å². The fourth-order valence-corrected chi connectivity index (χ4v) is 5.98. The van der Waals surface area contributed by atoms with Crippen LogP contribution in [0.5, 0.6) is 0 Å². The maximum absolute atomic E-state index is 12.3. The average Bonchev–Trinajstić information content (AvgIpc) is 2.92. The minimum atomic E-state index is -1.73. The van der Waals surface area contributed by atoms with Gasteiger partial charge in [-0.1, -0.05) is 13.0 Å². The minimum absolute atomic E-state index is 0.0154. The number of aliphatic carboxylic acids is 3. The number of cyclic esters (lactones) is 1. The van der Waals surface area contributed by atoms with Gasteiger partial charge < -0.3 is 44.1 Å². The fourth-order valence-electron chi connectivity index (χ4n) is 5.98. The molecule has 0 aromatic heterocycles. The summed E-state index contributed by atoms with van der Waals surface area (Å²) >= 11 is 0. The average molecular weight is 599 g/mol. The number of carbonyl (C=O) groups excluding carboxylic acids is 2. The quantitative estimate of drug-likeness (QED) is 0.156. The van der Waals surface area contributed by atoms with E-state index in [4.69, 9.17) is 23.7 Å². The molecule has 0 radical (unpaired) electrons. The van der Waals surface area contributed by atoms with Crippen LogP contribution in [0.2, 0.25) is 0 Å². The van der Waals surface area contributed by atoms with Crippen LogP contribution in [0.15, 0.2) is 24.5 Å². The van der Waals surface area contributed by atoms with E-state index >= 15 is 0 Å². The second kappa shape index (κ2) is 14.6. The van der Waals surface area contributed by atoms with Gasteiger partial charge in [0.2, 0.25) is 6.29 Å². The number of hydrogen-bond donors (Lipinski definition) is 4. The molecule has 4 N–H and O–H groups in total. The second-order valence-corrected chi connectivity index (χ2v) is 10.6. The molecule has 14 heteroatoms. The van der Waals surface area contributed by atoms with E-state index in [1.165, 1.54) is 6.08 Å². The number of hydrogen-bond acceptors (Lipinski definition) is 11. The summed E-state index contributed by atoms with van der Waals surface area (Å²) in [5.74, 6) is -7.55. The molecule has 0 amide bonds. The first-order chi connectivity index (χ1) is 19.9. The lowest BCUT2D eigenvalue weighted by Gasteiger charge is -2.49. The fraction of sp³-hybridized carbons (Fsp3) is 0.679. The van der Waals surface area contributed by atoms with Gasteiger partial charge in [-0.2, -0.15) is 0 Å². The Morgan fingerprint density at radius 1 is 1.00 bits per heavy atom. The van der Waals surface area contributed by atoms with Crippen molar-refractivity contribution < 1.29 is 68.1 Å². The molecule has 234 valence electrons. The van der Waals surface area contributed by atoms with Crippen LogP contribution in [0.1, 0.15) is 58.3 Å². The van der Waals surface area contributed by atoms with Crippen LogP contribution in [0, 0.1) is 23.7 Å². The van der Waals surface area contributed by atoms with Gasteiger partial charge in [-0.3, -0.25) is 19.2 Å². The number of carboxylic acid groups (broad SMARTS) is 3. The smallest absolute Gasteiger partial charge is 0.340 e. The molecule has 2 fully saturated rings. The van der Waals surface area contributed by atoms with Crippen LogP contribution in [0.3, 0.4) is 0 Å². The molecular weight excluding hydrogens is 560 g/mol. The molecule has 0 aliphatic carbocycles. The van der Waals surface area contributed by atoms with Gasteiger partial charge in [0.25, 0.3) is 0 Å². The lowest BCUT2D eigenvalue weighted by molar-refractivity contribution is -0.324. The van der Waals surface area contributed by atoms with Gasteiger partial charge >= 0.3 is 29.8 Å². The van der Waals surface area contributed by atoms with Crippen molar-refractivity contribution in [1.82, 2.24) is 0 Å². The predicted octanol–water partition coefficient (Wildman–Crippen LogP) is 1.84. The highest BCUT2D eigenvalue weighted by molar-refractivity contribution is 5.91. The van der Waals surface area contributed by atoms with Crippen molar-refractivity contribution in [2.75, 3.05) is 13.2 Å². The zero-order valence-electron chi connectivity index (χ0n) is 23.3. The van der Waals surface area contributed by atoms with Crippen LogP contribution in [-0.2, 0) is 47.7 Å². The van der Waals surface area contributed by atoms with Gasteiger partial charge in [-0.25, -0.2) is 4.79 Å². The molecule has 3 heterocycles. The normalized spacial score (nSPS) is 32.4. The summed E-state index contributed by atoms with van der Waals surface area (Å²) in [6.45, 7) is 5.02. The minimum Gasteiger partial charge on any atom is -0.481 e. The van der Waals surface area contributed by atoms with E-state index in [2.05, 4.69) is 6.58 Å². The van der Waals surface area contributed by atoms with E-state index < -0.39 is 77.8 Å². The molecule has 0 saturated carbocycles. The highest BCUT2D eigenvalue weighted by Crippen LogP contribution is 2.46. The van der Waals surface area contributed by atoms with Crippen molar-refractivity contribution in [3.05, 3.63) is 24.5 Å². The standard InChI is InChI=1S/C28H38O14/c1-3-18-27(40-13-19-25(36)38-12-11-28(18,19)37)42-26-17(7-10-23(33)34)15(5-8-21(29)30)16(6-9-22(31)32)20(41-26)14-39-24(35)4-2/h3,13,15-18,20,26-27,37H,1,4-12,14H2,2H3,(H,29,30)(H,31,32)(H,33,34)/t15?,16?,17?,18?,20?,26?,27?,28-/m1/s1. The number of fused-ring (bicyclic) bond motifs is 1. The summed E-state index contributed by atoms with van der Waals surface area (Å²) in [6.07, 6.45) is -1.73. The van der Waals surface area contributed by atoms with Crippen LogP contribution >= 0.6 is 0 Å². The lowest BCUT2D eigenvalue weighted by Crippen LogP contribution is -2.57. The van der Waals surface area contributed by atoms with Gasteiger partial charge in [0.15, 0.2) is 6.29 Å². The van der Waals surface area contributed by atoms with Crippen molar-refractivity contribution in [3.63, 3.8) is 0 Å². The highest BCUT2D eigenvalue weighted by Gasteiger charge is 2.54. The van der Waals surface area contributed by atoms with Gasteiger partial charge in [0.05, 0.1) is 24.9 Å². The number of carboxylic acids is 3. The molecule has 0 bridgehead atoms. The Bertz CT molecular complexity index is 1070. The van der Waals surface area contributed by atoms with Crippen LogP contribution < -0.4 is 0 Å².